The lowest BCUT2D eigenvalue weighted by atomic mass is 9.97. The molecule has 0 fully saturated rings. The third kappa shape index (κ3) is 3.87. The number of aryl methyl sites for hydroxylation is 1. The molecule has 0 saturated carbocycles. The van der Waals surface area contributed by atoms with E-state index in [0.717, 1.165) is 35.4 Å². The van der Waals surface area contributed by atoms with Crippen molar-refractivity contribution in [2.45, 2.75) is 58.8 Å². The standard InChI is InChI=1S/C22H27O4P/c1-16(2)11-7-4-3-5-8-14-18-15-19(17-12-9-6-10-13-17)21-22-20(18)24-27(23,25-21)26-22/h6,9-10,12-13,15-16H,3-5,7-8,11,14H2,1-2H3. The molecule has 27 heavy (non-hydrogen) atoms. The molecule has 2 heterocycles. The Kier molecular flexibility index (Phi) is 5.19. The fraction of sp³-hybridized carbons (Fsp3) is 0.455. The Morgan fingerprint density at radius 3 is 2.26 bits per heavy atom. The summed E-state index contributed by atoms with van der Waals surface area (Å²) in [5.74, 6) is 2.50. The highest BCUT2D eigenvalue weighted by molar-refractivity contribution is 7.50. The van der Waals surface area contributed by atoms with E-state index in [1.165, 1.54) is 32.1 Å². The maximum Gasteiger partial charge on any atom is 0.647 e. The van der Waals surface area contributed by atoms with Crippen molar-refractivity contribution in [1.29, 1.82) is 0 Å². The number of benzene rings is 2. The van der Waals surface area contributed by atoms with E-state index in [2.05, 4.69) is 19.9 Å². The summed E-state index contributed by atoms with van der Waals surface area (Å²) < 4.78 is 29.0. The van der Waals surface area contributed by atoms with Crippen molar-refractivity contribution in [3.8, 4) is 28.4 Å². The number of fused-ring (bicyclic) bond motifs is 1. The lowest BCUT2D eigenvalue weighted by Crippen LogP contribution is -2.02. The molecule has 4 rings (SSSR count). The first-order chi connectivity index (χ1) is 13.1. The Morgan fingerprint density at radius 2 is 1.52 bits per heavy atom. The summed E-state index contributed by atoms with van der Waals surface area (Å²) in [7, 11) is -3.49. The minimum Gasteiger partial charge on any atom is -0.381 e. The van der Waals surface area contributed by atoms with Crippen LogP contribution in [0.1, 0.15) is 57.9 Å². The Labute approximate surface area is 161 Å². The van der Waals surface area contributed by atoms with E-state index < -0.39 is 7.82 Å². The van der Waals surface area contributed by atoms with Gasteiger partial charge in [-0.05, 0) is 36.0 Å². The maximum absolute atomic E-state index is 12.5. The van der Waals surface area contributed by atoms with Gasteiger partial charge in [-0.1, -0.05) is 76.3 Å². The Bertz CT molecular complexity index is 860. The SMILES string of the molecule is CC(C)CCCCCCCc1cc(-c2ccccc2)c2c3c1OP(=O)(O2)O3. The summed E-state index contributed by atoms with van der Waals surface area (Å²) in [6.45, 7) is 4.56. The summed E-state index contributed by atoms with van der Waals surface area (Å²) >= 11 is 0. The average Bonchev–Trinajstić information content (AvgIpc) is 3.17. The van der Waals surface area contributed by atoms with Gasteiger partial charge >= 0.3 is 7.82 Å². The topological polar surface area (TPSA) is 44.8 Å². The van der Waals surface area contributed by atoms with Crippen LogP contribution in [0.3, 0.4) is 0 Å². The number of hydrogen-bond donors (Lipinski definition) is 0. The molecule has 144 valence electrons. The van der Waals surface area contributed by atoms with Gasteiger partial charge in [0.2, 0.25) is 5.75 Å². The van der Waals surface area contributed by atoms with Gasteiger partial charge in [-0.25, -0.2) is 0 Å². The average molecular weight is 386 g/mol. The second kappa shape index (κ2) is 7.59. The largest absolute Gasteiger partial charge is 0.647 e. The van der Waals surface area contributed by atoms with Crippen LogP contribution in [0.25, 0.3) is 11.1 Å². The minimum atomic E-state index is -3.49. The van der Waals surface area contributed by atoms with Crippen LogP contribution in [0, 0.1) is 5.92 Å². The van der Waals surface area contributed by atoms with Crippen LogP contribution in [0.15, 0.2) is 36.4 Å². The smallest absolute Gasteiger partial charge is 0.381 e. The lowest BCUT2D eigenvalue weighted by molar-refractivity contribution is 0.353. The number of phosphoric ester groups is 1. The second-order valence-corrected chi connectivity index (χ2v) is 9.30. The zero-order valence-electron chi connectivity index (χ0n) is 16.1. The molecular weight excluding hydrogens is 359 g/mol. The first-order valence-corrected chi connectivity index (χ1v) is 11.5. The molecule has 2 bridgehead atoms. The van der Waals surface area contributed by atoms with Crippen molar-refractivity contribution >= 4 is 7.82 Å². The predicted molar refractivity (Wildman–Crippen MR) is 108 cm³/mol. The molecular formula is C22H27O4P. The molecule has 2 aliphatic rings. The van der Waals surface area contributed by atoms with Gasteiger partial charge in [0.05, 0.1) is 0 Å². The highest BCUT2D eigenvalue weighted by atomic mass is 31.2. The van der Waals surface area contributed by atoms with Crippen molar-refractivity contribution < 1.29 is 18.1 Å². The van der Waals surface area contributed by atoms with E-state index in [1.807, 2.05) is 30.3 Å². The fourth-order valence-corrected chi connectivity index (χ4v) is 5.09. The summed E-state index contributed by atoms with van der Waals surface area (Å²) in [4.78, 5) is 0. The van der Waals surface area contributed by atoms with Gasteiger partial charge in [0.1, 0.15) is 0 Å². The van der Waals surface area contributed by atoms with Gasteiger partial charge in [0.25, 0.3) is 0 Å². The van der Waals surface area contributed by atoms with Crippen LogP contribution in [0.4, 0.5) is 0 Å². The van der Waals surface area contributed by atoms with Crippen molar-refractivity contribution in [3.63, 3.8) is 0 Å². The van der Waals surface area contributed by atoms with E-state index >= 15 is 0 Å². The summed E-state index contributed by atoms with van der Waals surface area (Å²) in [5, 5.41) is 0. The molecule has 4 nitrogen and oxygen atoms in total. The molecule has 1 atom stereocenters. The van der Waals surface area contributed by atoms with E-state index in [4.69, 9.17) is 13.6 Å². The molecule has 0 aliphatic carbocycles. The van der Waals surface area contributed by atoms with E-state index in [-0.39, 0.29) is 0 Å². The van der Waals surface area contributed by atoms with Gasteiger partial charge in [-0.2, -0.15) is 4.57 Å². The number of hydrogen-bond acceptors (Lipinski definition) is 4. The van der Waals surface area contributed by atoms with Crippen molar-refractivity contribution in [1.82, 2.24) is 0 Å². The summed E-state index contributed by atoms with van der Waals surface area (Å²) in [6.07, 6.45) is 8.38. The molecule has 2 aromatic carbocycles. The van der Waals surface area contributed by atoms with E-state index in [9.17, 15) is 4.57 Å². The monoisotopic (exact) mass is 386 g/mol. The van der Waals surface area contributed by atoms with Gasteiger partial charge < -0.3 is 13.6 Å². The maximum atomic E-state index is 12.5. The van der Waals surface area contributed by atoms with Crippen molar-refractivity contribution in [2.24, 2.45) is 5.92 Å². The van der Waals surface area contributed by atoms with Crippen LogP contribution < -0.4 is 13.6 Å². The molecule has 0 aromatic heterocycles. The van der Waals surface area contributed by atoms with Crippen LogP contribution >= 0.6 is 7.82 Å². The molecule has 0 radical (unpaired) electrons. The zero-order chi connectivity index (χ0) is 18.9. The number of rotatable bonds is 9. The van der Waals surface area contributed by atoms with Gasteiger partial charge in [0, 0.05) is 5.56 Å². The molecule has 1 unspecified atom stereocenters. The Morgan fingerprint density at radius 1 is 0.852 bits per heavy atom. The number of phosphoric acid groups is 1. The van der Waals surface area contributed by atoms with Crippen LogP contribution in [0.2, 0.25) is 0 Å². The molecule has 0 spiro atoms. The molecule has 0 N–H and O–H groups in total. The Balaban J connectivity index is 1.46. The van der Waals surface area contributed by atoms with Gasteiger partial charge in [0.15, 0.2) is 11.5 Å². The molecule has 2 aromatic rings. The first-order valence-electron chi connectivity index (χ1n) is 10.00. The third-order valence-electron chi connectivity index (χ3n) is 5.19. The van der Waals surface area contributed by atoms with Crippen molar-refractivity contribution in [3.05, 3.63) is 42.0 Å². The predicted octanol–water partition coefficient (Wildman–Crippen LogP) is 7.16. The third-order valence-corrected chi connectivity index (χ3v) is 6.41. The van der Waals surface area contributed by atoms with E-state index in [1.54, 1.807) is 0 Å². The molecule has 0 saturated heterocycles. The van der Waals surface area contributed by atoms with Crippen LogP contribution in [-0.4, -0.2) is 0 Å². The van der Waals surface area contributed by atoms with Crippen molar-refractivity contribution in [2.75, 3.05) is 0 Å². The minimum absolute atomic E-state index is 0.520. The van der Waals surface area contributed by atoms with Crippen LogP contribution in [-0.2, 0) is 11.0 Å². The van der Waals surface area contributed by atoms with Crippen LogP contribution in [0.5, 0.6) is 17.2 Å². The fourth-order valence-electron chi connectivity index (χ4n) is 3.76. The number of unbranched alkanes of at least 4 members (excludes halogenated alkanes) is 4. The molecule has 5 heteroatoms. The quantitative estimate of drug-likeness (QED) is 0.339. The lowest BCUT2D eigenvalue weighted by Gasteiger charge is -2.17. The highest BCUT2D eigenvalue weighted by Gasteiger charge is 2.52. The molecule has 2 aliphatic heterocycles. The normalized spacial score (nSPS) is 19.1. The summed E-state index contributed by atoms with van der Waals surface area (Å²) in [5.41, 5.74) is 3.03. The second-order valence-electron chi connectivity index (χ2n) is 7.86. The van der Waals surface area contributed by atoms with Gasteiger partial charge in [-0.3, -0.25) is 0 Å². The summed E-state index contributed by atoms with van der Waals surface area (Å²) in [6, 6.07) is 12.1. The Hall–Kier alpha value is -1.93. The first kappa shape index (κ1) is 18.4. The van der Waals surface area contributed by atoms with Gasteiger partial charge in [-0.15, -0.1) is 0 Å². The van der Waals surface area contributed by atoms with E-state index in [0.29, 0.717) is 17.2 Å². The zero-order valence-corrected chi connectivity index (χ0v) is 17.0. The molecule has 0 amide bonds. The highest BCUT2D eigenvalue weighted by Crippen LogP contribution is 2.71.